The Hall–Kier alpha value is -1.69. The standard InChI is InChI=1S/C12H12BrNO4/c13-10-4-2-1-3-9(10)12(18)14-7-8(15)5-6-11(16)17/h1-4H,5-7H2,(H,14,18)(H,16,17). The van der Waals surface area contributed by atoms with Crippen LogP contribution in [0.25, 0.3) is 0 Å². The average molecular weight is 314 g/mol. The maximum Gasteiger partial charge on any atom is 0.303 e. The average Bonchev–Trinajstić information content (AvgIpc) is 2.34. The molecule has 1 aromatic rings. The van der Waals surface area contributed by atoms with Crippen molar-refractivity contribution in [1.82, 2.24) is 5.32 Å². The number of ketones is 1. The number of nitrogens with one attached hydrogen (secondary N) is 1. The fourth-order valence-electron chi connectivity index (χ4n) is 1.25. The molecule has 0 bridgehead atoms. The van der Waals surface area contributed by atoms with Gasteiger partial charge in [-0.1, -0.05) is 12.1 Å². The second-order valence-corrected chi connectivity index (χ2v) is 4.45. The van der Waals surface area contributed by atoms with E-state index in [1.807, 2.05) is 0 Å². The van der Waals surface area contributed by atoms with Crippen LogP contribution in [-0.4, -0.2) is 29.3 Å². The third-order valence-corrected chi connectivity index (χ3v) is 2.87. The minimum absolute atomic E-state index is 0.0778. The molecule has 0 aliphatic heterocycles. The summed E-state index contributed by atoms with van der Waals surface area (Å²) in [6, 6.07) is 6.84. The number of halogens is 1. The normalized spacial score (nSPS) is 9.83. The highest BCUT2D eigenvalue weighted by Gasteiger charge is 2.11. The Labute approximate surface area is 112 Å². The lowest BCUT2D eigenvalue weighted by Crippen LogP contribution is -2.29. The van der Waals surface area contributed by atoms with E-state index in [0.717, 1.165) is 0 Å². The number of hydrogen-bond donors (Lipinski definition) is 2. The highest BCUT2D eigenvalue weighted by molar-refractivity contribution is 9.10. The summed E-state index contributed by atoms with van der Waals surface area (Å²) in [4.78, 5) is 33.2. The zero-order valence-corrected chi connectivity index (χ0v) is 11.1. The Morgan fingerprint density at radius 1 is 1.17 bits per heavy atom. The number of carbonyl (C=O) groups excluding carboxylic acids is 2. The van der Waals surface area contributed by atoms with Crippen LogP contribution in [0.3, 0.4) is 0 Å². The van der Waals surface area contributed by atoms with E-state index in [4.69, 9.17) is 5.11 Å². The first-order valence-electron chi connectivity index (χ1n) is 5.27. The summed E-state index contributed by atoms with van der Waals surface area (Å²) in [5.74, 6) is -1.70. The lowest BCUT2D eigenvalue weighted by Gasteiger charge is -2.05. The summed E-state index contributed by atoms with van der Waals surface area (Å²) in [6.45, 7) is -0.159. The minimum Gasteiger partial charge on any atom is -0.481 e. The Morgan fingerprint density at radius 3 is 2.44 bits per heavy atom. The monoisotopic (exact) mass is 313 g/mol. The van der Waals surface area contributed by atoms with Gasteiger partial charge in [0.25, 0.3) is 5.91 Å². The van der Waals surface area contributed by atoms with Crippen molar-refractivity contribution in [2.24, 2.45) is 0 Å². The largest absolute Gasteiger partial charge is 0.481 e. The van der Waals surface area contributed by atoms with Crippen LogP contribution in [0.5, 0.6) is 0 Å². The summed E-state index contributed by atoms with van der Waals surface area (Å²) >= 11 is 3.23. The predicted molar refractivity (Wildman–Crippen MR) is 68.4 cm³/mol. The lowest BCUT2D eigenvalue weighted by atomic mass is 10.2. The van der Waals surface area contributed by atoms with Gasteiger partial charge in [0.1, 0.15) is 0 Å². The van der Waals surface area contributed by atoms with Crippen molar-refractivity contribution < 1.29 is 19.5 Å². The summed E-state index contributed by atoms with van der Waals surface area (Å²) in [5, 5.41) is 10.9. The van der Waals surface area contributed by atoms with E-state index in [9.17, 15) is 14.4 Å². The van der Waals surface area contributed by atoms with Gasteiger partial charge in [-0.05, 0) is 28.1 Å². The number of carboxylic acids is 1. The van der Waals surface area contributed by atoms with Gasteiger partial charge in [-0.25, -0.2) is 0 Å². The van der Waals surface area contributed by atoms with E-state index in [1.165, 1.54) is 0 Å². The molecule has 0 unspecified atom stereocenters. The number of rotatable bonds is 6. The molecule has 1 amide bonds. The van der Waals surface area contributed by atoms with Crippen molar-refractivity contribution in [3.63, 3.8) is 0 Å². The third kappa shape index (κ3) is 4.67. The maximum absolute atomic E-state index is 11.7. The molecule has 6 heteroatoms. The first-order valence-corrected chi connectivity index (χ1v) is 6.06. The number of amides is 1. The highest BCUT2D eigenvalue weighted by atomic mass is 79.9. The lowest BCUT2D eigenvalue weighted by molar-refractivity contribution is -0.138. The molecule has 0 heterocycles. The van der Waals surface area contributed by atoms with Crippen molar-refractivity contribution in [1.29, 1.82) is 0 Å². The van der Waals surface area contributed by atoms with Crippen molar-refractivity contribution in [2.45, 2.75) is 12.8 Å². The van der Waals surface area contributed by atoms with Gasteiger partial charge >= 0.3 is 5.97 Å². The van der Waals surface area contributed by atoms with E-state index < -0.39 is 5.97 Å². The van der Waals surface area contributed by atoms with Crippen LogP contribution >= 0.6 is 15.9 Å². The zero-order valence-electron chi connectivity index (χ0n) is 9.48. The van der Waals surface area contributed by atoms with Gasteiger partial charge in [-0.2, -0.15) is 0 Å². The molecule has 0 aliphatic carbocycles. The van der Waals surface area contributed by atoms with Gasteiger partial charge in [0, 0.05) is 10.9 Å². The molecule has 0 atom stereocenters. The number of carboxylic acid groups (broad SMARTS) is 1. The van der Waals surface area contributed by atoms with Crippen molar-refractivity contribution in [3.05, 3.63) is 34.3 Å². The molecule has 0 aromatic heterocycles. The number of carbonyl (C=O) groups is 3. The Balaban J connectivity index is 2.45. The molecular formula is C12H12BrNO4. The van der Waals surface area contributed by atoms with Crippen LogP contribution in [0.2, 0.25) is 0 Å². The van der Waals surface area contributed by atoms with Crippen molar-refractivity contribution in [3.8, 4) is 0 Å². The minimum atomic E-state index is -1.03. The van der Waals surface area contributed by atoms with Crippen LogP contribution in [0.4, 0.5) is 0 Å². The Kier molecular flexibility index (Phi) is 5.51. The number of Topliss-reactive ketones (excluding diaryl/α,β-unsaturated/α-hetero) is 1. The molecule has 0 fully saturated rings. The SMILES string of the molecule is O=C(O)CCC(=O)CNC(=O)c1ccccc1Br. The van der Waals surface area contributed by atoms with Crippen LogP contribution in [0.15, 0.2) is 28.7 Å². The molecule has 0 saturated carbocycles. The third-order valence-electron chi connectivity index (χ3n) is 2.18. The summed E-state index contributed by atoms with van der Waals surface area (Å²) < 4.78 is 0.639. The summed E-state index contributed by atoms with van der Waals surface area (Å²) in [7, 11) is 0. The molecule has 0 radical (unpaired) electrons. The fourth-order valence-corrected chi connectivity index (χ4v) is 1.72. The van der Waals surface area contributed by atoms with Gasteiger partial charge in [0.05, 0.1) is 18.5 Å². The van der Waals surface area contributed by atoms with E-state index >= 15 is 0 Å². The quantitative estimate of drug-likeness (QED) is 0.835. The maximum atomic E-state index is 11.7. The number of benzene rings is 1. The Morgan fingerprint density at radius 2 is 1.83 bits per heavy atom. The first-order chi connectivity index (χ1) is 8.50. The molecule has 0 aliphatic rings. The second-order valence-electron chi connectivity index (χ2n) is 3.59. The zero-order chi connectivity index (χ0) is 13.5. The van der Waals surface area contributed by atoms with E-state index in [1.54, 1.807) is 24.3 Å². The van der Waals surface area contributed by atoms with Crippen LogP contribution < -0.4 is 5.32 Å². The van der Waals surface area contributed by atoms with E-state index in [2.05, 4.69) is 21.2 Å². The molecule has 18 heavy (non-hydrogen) atoms. The molecule has 5 nitrogen and oxygen atoms in total. The summed E-state index contributed by atoms with van der Waals surface area (Å²) in [5.41, 5.74) is 0.434. The molecule has 0 spiro atoms. The summed E-state index contributed by atoms with van der Waals surface area (Å²) in [6.07, 6.45) is -0.296. The topological polar surface area (TPSA) is 83.5 Å². The number of aliphatic carboxylic acids is 1. The molecule has 1 aromatic carbocycles. The highest BCUT2D eigenvalue weighted by Crippen LogP contribution is 2.15. The van der Waals surface area contributed by atoms with Crippen LogP contribution in [-0.2, 0) is 9.59 Å². The van der Waals surface area contributed by atoms with Gasteiger partial charge in [0.15, 0.2) is 5.78 Å². The molecule has 2 N–H and O–H groups in total. The molecule has 0 saturated heterocycles. The van der Waals surface area contributed by atoms with Crippen LogP contribution in [0.1, 0.15) is 23.2 Å². The molecule has 96 valence electrons. The smallest absolute Gasteiger partial charge is 0.303 e. The predicted octanol–water partition coefficient (Wildman–Crippen LogP) is 1.61. The van der Waals surface area contributed by atoms with Crippen molar-refractivity contribution >= 4 is 33.6 Å². The molecular weight excluding hydrogens is 302 g/mol. The van der Waals surface area contributed by atoms with Gasteiger partial charge in [-0.3, -0.25) is 14.4 Å². The Bertz CT molecular complexity index is 473. The van der Waals surface area contributed by atoms with Crippen LogP contribution in [0, 0.1) is 0 Å². The first kappa shape index (κ1) is 14.4. The molecule has 1 rings (SSSR count). The van der Waals surface area contributed by atoms with Gasteiger partial charge in [0.2, 0.25) is 0 Å². The van der Waals surface area contributed by atoms with Crippen molar-refractivity contribution in [2.75, 3.05) is 6.54 Å². The van der Waals surface area contributed by atoms with Gasteiger partial charge < -0.3 is 10.4 Å². The number of hydrogen-bond acceptors (Lipinski definition) is 3. The second kappa shape index (κ2) is 6.90. The van der Waals surface area contributed by atoms with E-state index in [-0.39, 0.29) is 31.1 Å². The van der Waals surface area contributed by atoms with Gasteiger partial charge in [-0.15, -0.1) is 0 Å². The van der Waals surface area contributed by atoms with E-state index in [0.29, 0.717) is 10.0 Å². The fraction of sp³-hybridized carbons (Fsp3) is 0.250.